The highest BCUT2D eigenvalue weighted by molar-refractivity contribution is 5.85. The Kier molecular flexibility index (Phi) is 3.63. The van der Waals surface area contributed by atoms with Crippen LogP contribution in [-0.4, -0.2) is 17.3 Å². The largest absolute Gasteiger partial charge is 0.394 e. The van der Waals surface area contributed by atoms with E-state index in [9.17, 15) is 0 Å². The van der Waals surface area contributed by atoms with E-state index in [1.54, 1.807) is 0 Å². The van der Waals surface area contributed by atoms with E-state index in [0.717, 1.165) is 12.8 Å². The SMILES string of the molecule is CC1CCC(N)(CO)C1.Cl. The lowest BCUT2D eigenvalue weighted by Gasteiger charge is -2.19. The van der Waals surface area contributed by atoms with Crippen molar-refractivity contribution >= 4 is 12.4 Å². The van der Waals surface area contributed by atoms with Gasteiger partial charge in [0.2, 0.25) is 0 Å². The van der Waals surface area contributed by atoms with E-state index in [1.807, 2.05) is 0 Å². The van der Waals surface area contributed by atoms with Gasteiger partial charge in [-0.2, -0.15) is 0 Å². The summed E-state index contributed by atoms with van der Waals surface area (Å²) in [6.07, 6.45) is 3.16. The Morgan fingerprint density at radius 1 is 1.70 bits per heavy atom. The highest BCUT2D eigenvalue weighted by Crippen LogP contribution is 2.31. The number of aliphatic hydroxyl groups is 1. The zero-order valence-electron chi connectivity index (χ0n) is 6.34. The summed E-state index contributed by atoms with van der Waals surface area (Å²) in [7, 11) is 0. The van der Waals surface area contributed by atoms with Crippen molar-refractivity contribution < 1.29 is 5.11 Å². The van der Waals surface area contributed by atoms with Crippen molar-refractivity contribution in [2.75, 3.05) is 6.61 Å². The summed E-state index contributed by atoms with van der Waals surface area (Å²) >= 11 is 0. The molecule has 2 unspecified atom stereocenters. The van der Waals surface area contributed by atoms with Gasteiger partial charge in [0.25, 0.3) is 0 Å². The minimum Gasteiger partial charge on any atom is -0.394 e. The fourth-order valence-electron chi connectivity index (χ4n) is 1.58. The molecule has 1 rings (SSSR count). The summed E-state index contributed by atoms with van der Waals surface area (Å²) in [6.45, 7) is 2.33. The summed E-state index contributed by atoms with van der Waals surface area (Å²) in [5.74, 6) is 0.710. The van der Waals surface area contributed by atoms with Gasteiger partial charge in [0, 0.05) is 5.54 Å². The molecule has 0 spiro atoms. The van der Waals surface area contributed by atoms with Crippen molar-refractivity contribution in [1.82, 2.24) is 0 Å². The molecule has 0 heterocycles. The maximum absolute atomic E-state index is 8.82. The summed E-state index contributed by atoms with van der Waals surface area (Å²) in [5, 5.41) is 8.82. The van der Waals surface area contributed by atoms with Gasteiger partial charge < -0.3 is 10.8 Å². The lowest BCUT2D eigenvalue weighted by Crippen LogP contribution is -2.40. The van der Waals surface area contributed by atoms with Crippen LogP contribution in [-0.2, 0) is 0 Å². The van der Waals surface area contributed by atoms with Gasteiger partial charge in [-0.15, -0.1) is 12.4 Å². The van der Waals surface area contributed by atoms with E-state index in [2.05, 4.69) is 6.92 Å². The van der Waals surface area contributed by atoms with Gasteiger partial charge in [0.05, 0.1) is 6.61 Å². The highest BCUT2D eigenvalue weighted by atomic mass is 35.5. The van der Waals surface area contributed by atoms with Crippen molar-refractivity contribution in [2.45, 2.75) is 31.7 Å². The molecule has 0 aromatic heterocycles. The standard InChI is InChI=1S/C7H15NO.ClH/c1-6-2-3-7(8,4-6)5-9;/h6,9H,2-5,8H2,1H3;1H. The number of aliphatic hydroxyl groups excluding tert-OH is 1. The lowest BCUT2D eigenvalue weighted by atomic mass is 9.99. The van der Waals surface area contributed by atoms with Gasteiger partial charge in [-0.3, -0.25) is 0 Å². The highest BCUT2D eigenvalue weighted by Gasteiger charge is 2.32. The molecule has 2 nitrogen and oxygen atoms in total. The van der Waals surface area contributed by atoms with E-state index >= 15 is 0 Å². The smallest absolute Gasteiger partial charge is 0.0611 e. The third-order valence-electron chi connectivity index (χ3n) is 2.20. The Hall–Kier alpha value is 0.210. The van der Waals surface area contributed by atoms with Gasteiger partial charge in [-0.25, -0.2) is 0 Å². The fraction of sp³-hybridized carbons (Fsp3) is 1.00. The molecule has 0 bridgehead atoms. The van der Waals surface area contributed by atoms with Gasteiger partial charge >= 0.3 is 0 Å². The summed E-state index contributed by atoms with van der Waals surface area (Å²) in [5.41, 5.74) is 5.56. The molecule has 10 heavy (non-hydrogen) atoms. The minimum absolute atomic E-state index is 0. The second kappa shape index (κ2) is 3.56. The molecule has 3 heteroatoms. The van der Waals surface area contributed by atoms with E-state index in [1.165, 1.54) is 6.42 Å². The van der Waals surface area contributed by atoms with E-state index in [-0.39, 0.29) is 24.6 Å². The molecule has 2 atom stereocenters. The number of hydrogen-bond acceptors (Lipinski definition) is 2. The molecule has 3 N–H and O–H groups in total. The maximum Gasteiger partial charge on any atom is 0.0611 e. The molecule has 0 radical (unpaired) electrons. The second-order valence-corrected chi connectivity index (χ2v) is 3.37. The Morgan fingerprint density at radius 2 is 2.30 bits per heavy atom. The first-order valence-corrected chi connectivity index (χ1v) is 3.56. The number of hydrogen-bond donors (Lipinski definition) is 2. The first-order valence-electron chi connectivity index (χ1n) is 3.56. The predicted octanol–water partition coefficient (Wildman–Crippen LogP) is 0.918. The first kappa shape index (κ1) is 10.2. The van der Waals surface area contributed by atoms with Gasteiger partial charge in [-0.05, 0) is 25.2 Å². The first-order chi connectivity index (χ1) is 4.16. The van der Waals surface area contributed by atoms with Crippen LogP contribution in [0.15, 0.2) is 0 Å². The van der Waals surface area contributed by atoms with Crippen molar-refractivity contribution in [1.29, 1.82) is 0 Å². The van der Waals surface area contributed by atoms with E-state index < -0.39 is 0 Å². The minimum atomic E-state index is -0.237. The molecular weight excluding hydrogens is 150 g/mol. The molecule has 0 aromatic rings. The number of nitrogens with two attached hydrogens (primary N) is 1. The van der Waals surface area contributed by atoms with Crippen LogP contribution in [0.2, 0.25) is 0 Å². The van der Waals surface area contributed by atoms with Crippen molar-refractivity contribution in [3.63, 3.8) is 0 Å². The zero-order valence-corrected chi connectivity index (χ0v) is 7.16. The molecule has 0 amide bonds. The van der Waals surface area contributed by atoms with Crippen LogP contribution in [0.5, 0.6) is 0 Å². The Balaban J connectivity index is 0.000000810. The number of halogens is 1. The molecule has 1 saturated carbocycles. The quantitative estimate of drug-likeness (QED) is 0.607. The van der Waals surface area contributed by atoms with Crippen LogP contribution < -0.4 is 5.73 Å². The molecule has 62 valence electrons. The molecule has 0 saturated heterocycles. The molecule has 1 fully saturated rings. The topological polar surface area (TPSA) is 46.2 Å². The van der Waals surface area contributed by atoms with E-state index in [0.29, 0.717) is 5.92 Å². The Morgan fingerprint density at radius 3 is 2.50 bits per heavy atom. The van der Waals surface area contributed by atoms with Gasteiger partial charge in [0.1, 0.15) is 0 Å². The zero-order chi connectivity index (χ0) is 6.91. The van der Waals surface area contributed by atoms with E-state index in [4.69, 9.17) is 10.8 Å². The summed E-state index contributed by atoms with van der Waals surface area (Å²) < 4.78 is 0. The average Bonchev–Trinajstić information content (AvgIpc) is 2.13. The monoisotopic (exact) mass is 165 g/mol. The third kappa shape index (κ3) is 2.11. The van der Waals surface area contributed by atoms with Crippen LogP contribution in [0.3, 0.4) is 0 Å². The fourth-order valence-corrected chi connectivity index (χ4v) is 1.58. The van der Waals surface area contributed by atoms with Crippen LogP contribution >= 0.6 is 12.4 Å². The van der Waals surface area contributed by atoms with Gasteiger partial charge in [-0.1, -0.05) is 6.92 Å². The van der Waals surface area contributed by atoms with Crippen LogP contribution in [0.4, 0.5) is 0 Å². The van der Waals surface area contributed by atoms with Gasteiger partial charge in [0.15, 0.2) is 0 Å². The Bertz CT molecular complexity index is 110. The lowest BCUT2D eigenvalue weighted by molar-refractivity contribution is 0.196. The normalized spacial score (nSPS) is 39.3. The van der Waals surface area contributed by atoms with Crippen molar-refractivity contribution in [2.24, 2.45) is 11.7 Å². The summed E-state index contributed by atoms with van der Waals surface area (Å²) in [6, 6.07) is 0. The molecule has 0 aromatic carbocycles. The third-order valence-corrected chi connectivity index (χ3v) is 2.20. The van der Waals surface area contributed by atoms with Crippen molar-refractivity contribution in [3.05, 3.63) is 0 Å². The Labute approximate surface area is 68.2 Å². The van der Waals surface area contributed by atoms with Crippen molar-refractivity contribution in [3.8, 4) is 0 Å². The molecule has 0 aliphatic heterocycles. The van der Waals surface area contributed by atoms with Crippen LogP contribution in [0.1, 0.15) is 26.2 Å². The van der Waals surface area contributed by atoms with Crippen LogP contribution in [0.25, 0.3) is 0 Å². The van der Waals surface area contributed by atoms with Crippen LogP contribution in [0, 0.1) is 5.92 Å². The predicted molar refractivity (Wildman–Crippen MR) is 44.3 cm³/mol. The molecular formula is C7H16ClNO. The average molecular weight is 166 g/mol. The molecule has 1 aliphatic carbocycles. The second-order valence-electron chi connectivity index (χ2n) is 3.37. The summed E-state index contributed by atoms with van der Waals surface area (Å²) in [4.78, 5) is 0. The molecule has 1 aliphatic rings. The maximum atomic E-state index is 8.82. The number of rotatable bonds is 1.